The SMILES string of the molecule is CC(c1ccccc1)C1CCCCN1. The lowest BCUT2D eigenvalue weighted by molar-refractivity contribution is 0.361. The lowest BCUT2D eigenvalue weighted by atomic mass is 9.88. The maximum absolute atomic E-state index is 3.62. The first-order valence-electron chi connectivity index (χ1n) is 5.66. The summed E-state index contributed by atoms with van der Waals surface area (Å²) in [4.78, 5) is 0. The predicted molar refractivity (Wildman–Crippen MR) is 60.5 cm³/mol. The van der Waals surface area contributed by atoms with E-state index in [4.69, 9.17) is 0 Å². The molecule has 76 valence electrons. The van der Waals surface area contributed by atoms with Crippen molar-refractivity contribution >= 4 is 0 Å². The minimum absolute atomic E-state index is 0.650. The fraction of sp³-hybridized carbons (Fsp3) is 0.538. The summed E-state index contributed by atoms with van der Waals surface area (Å²) in [7, 11) is 0. The Bertz CT molecular complexity index is 262. The average Bonchev–Trinajstić information content (AvgIpc) is 2.30. The van der Waals surface area contributed by atoms with Crippen LogP contribution in [0.2, 0.25) is 0 Å². The van der Waals surface area contributed by atoms with E-state index < -0.39 is 0 Å². The number of benzene rings is 1. The van der Waals surface area contributed by atoms with Crippen molar-refractivity contribution in [3.63, 3.8) is 0 Å². The van der Waals surface area contributed by atoms with Crippen LogP contribution in [0.4, 0.5) is 0 Å². The van der Waals surface area contributed by atoms with Gasteiger partial charge in [-0.3, -0.25) is 0 Å². The smallest absolute Gasteiger partial charge is 0.0133 e. The Morgan fingerprint density at radius 1 is 1.21 bits per heavy atom. The Labute approximate surface area is 86.5 Å². The number of hydrogen-bond donors (Lipinski definition) is 1. The van der Waals surface area contributed by atoms with Gasteiger partial charge in [0, 0.05) is 6.04 Å². The fourth-order valence-corrected chi connectivity index (χ4v) is 2.29. The highest BCUT2D eigenvalue weighted by Gasteiger charge is 2.20. The van der Waals surface area contributed by atoms with Gasteiger partial charge in [0.25, 0.3) is 0 Å². The average molecular weight is 189 g/mol. The standard InChI is InChI=1S/C13H19N/c1-11(12-7-3-2-4-8-12)13-9-5-6-10-14-13/h2-4,7-8,11,13-14H,5-6,9-10H2,1H3. The van der Waals surface area contributed by atoms with Gasteiger partial charge in [-0.1, -0.05) is 43.7 Å². The first-order valence-corrected chi connectivity index (χ1v) is 5.66. The van der Waals surface area contributed by atoms with E-state index >= 15 is 0 Å². The van der Waals surface area contributed by atoms with Gasteiger partial charge in [0.05, 0.1) is 0 Å². The number of hydrogen-bond acceptors (Lipinski definition) is 1. The minimum atomic E-state index is 0.650. The van der Waals surface area contributed by atoms with Gasteiger partial charge in [-0.05, 0) is 30.9 Å². The van der Waals surface area contributed by atoms with Crippen LogP contribution in [-0.4, -0.2) is 12.6 Å². The molecule has 2 unspecified atom stereocenters. The Hall–Kier alpha value is -0.820. The van der Waals surface area contributed by atoms with Gasteiger partial charge < -0.3 is 5.32 Å². The second-order valence-electron chi connectivity index (χ2n) is 4.26. The Balaban J connectivity index is 2.03. The highest BCUT2D eigenvalue weighted by atomic mass is 14.9. The summed E-state index contributed by atoms with van der Waals surface area (Å²) < 4.78 is 0. The molecule has 0 saturated carbocycles. The molecule has 2 rings (SSSR count). The van der Waals surface area contributed by atoms with E-state index in [1.54, 1.807) is 0 Å². The highest BCUT2D eigenvalue weighted by molar-refractivity contribution is 5.20. The second-order valence-corrected chi connectivity index (χ2v) is 4.26. The topological polar surface area (TPSA) is 12.0 Å². The predicted octanol–water partition coefficient (Wildman–Crippen LogP) is 2.93. The van der Waals surface area contributed by atoms with E-state index in [9.17, 15) is 0 Å². The zero-order valence-corrected chi connectivity index (χ0v) is 8.87. The van der Waals surface area contributed by atoms with E-state index in [0.717, 1.165) is 0 Å². The third-order valence-corrected chi connectivity index (χ3v) is 3.28. The zero-order chi connectivity index (χ0) is 9.80. The maximum atomic E-state index is 3.62. The first kappa shape index (κ1) is 9.72. The number of nitrogens with one attached hydrogen (secondary N) is 1. The lowest BCUT2D eigenvalue weighted by Gasteiger charge is -2.29. The van der Waals surface area contributed by atoms with Crippen LogP contribution in [0.15, 0.2) is 30.3 Å². The minimum Gasteiger partial charge on any atom is -0.313 e. The van der Waals surface area contributed by atoms with Crippen molar-refractivity contribution in [1.29, 1.82) is 0 Å². The van der Waals surface area contributed by atoms with E-state index in [2.05, 4.69) is 42.6 Å². The van der Waals surface area contributed by atoms with Crippen LogP contribution in [0.1, 0.15) is 37.7 Å². The molecular formula is C13H19N. The van der Waals surface area contributed by atoms with Crippen LogP contribution >= 0.6 is 0 Å². The van der Waals surface area contributed by atoms with Crippen LogP contribution < -0.4 is 5.32 Å². The molecular weight excluding hydrogens is 170 g/mol. The van der Waals surface area contributed by atoms with E-state index in [0.29, 0.717) is 12.0 Å². The molecule has 1 aliphatic rings. The highest BCUT2D eigenvalue weighted by Crippen LogP contribution is 2.24. The van der Waals surface area contributed by atoms with E-state index in [-0.39, 0.29) is 0 Å². The normalized spacial score (nSPS) is 24.5. The Morgan fingerprint density at radius 3 is 2.64 bits per heavy atom. The largest absolute Gasteiger partial charge is 0.313 e. The third-order valence-electron chi connectivity index (χ3n) is 3.28. The van der Waals surface area contributed by atoms with E-state index in [1.165, 1.54) is 31.4 Å². The van der Waals surface area contributed by atoms with Crippen LogP contribution in [0.3, 0.4) is 0 Å². The van der Waals surface area contributed by atoms with Crippen LogP contribution in [0, 0.1) is 0 Å². The molecule has 1 aromatic carbocycles. The fourth-order valence-electron chi connectivity index (χ4n) is 2.29. The van der Waals surface area contributed by atoms with Crippen LogP contribution in [-0.2, 0) is 0 Å². The molecule has 0 aromatic heterocycles. The molecule has 0 bridgehead atoms. The first-order chi connectivity index (χ1) is 6.88. The molecule has 0 spiro atoms. The molecule has 14 heavy (non-hydrogen) atoms. The summed E-state index contributed by atoms with van der Waals surface area (Å²) in [6.07, 6.45) is 4.06. The van der Waals surface area contributed by atoms with Crippen LogP contribution in [0.5, 0.6) is 0 Å². The van der Waals surface area contributed by atoms with Gasteiger partial charge in [-0.15, -0.1) is 0 Å². The molecule has 1 nitrogen and oxygen atoms in total. The molecule has 1 N–H and O–H groups in total. The third kappa shape index (κ3) is 2.16. The molecule has 1 aromatic rings. The van der Waals surface area contributed by atoms with Gasteiger partial charge >= 0.3 is 0 Å². The van der Waals surface area contributed by atoms with Gasteiger partial charge in [0.15, 0.2) is 0 Å². The molecule has 1 fully saturated rings. The van der Waals surface area contributed by atoms with Crippen molar-refractivity contribution in [3.05, 3.63) is 35.9 Å². The Morgan fingerprint density at radius 2 is 2.00 bits per heavy atom. The number of rotatable bonds is 2. The maximum Gasteiger partial charge on any atom is 0.0133 e. The number of piperidine rings is 1. The molecule has 2 atom stereocenters. The molecule has 1 heteroatoms. The summed E-state index contributed by atoms with van der Waals surface area (Å²) >= 11 is 0. The van der Waals surface area contributed by atoms with Gasteiger partial charge in [0.2, 0.25) is 0 Å². The monoisotopic (exact) mass is 189 g/mol. The lowest BCUT2D eigenvalue weighted by Crippen LogP contribution is -2.37. The van der Waals surface area contributed by atoms with Crippen molar-refractivity contribution in [2.24, 2.45) is 0 Å². The van der Waals surface area contributed by atoms with Gasteiger partial charge in [-0.25, -0.2) is 0 Å². The van der Waals surface area contributed by atoms with Crippen molar-refractivity contribution in [1.82, 2.24) is 5.32 Å². The zero-order valence-electron chi connectivity index (χ0n) is 8.87. The molecule has 1 heterocycles. The summed E-state index contributed by atoms with van der Waals surface area (Å²) in [6.45, 7) is 3.53. The van der Waals surface area contributed by atoms with Crippen molar-refractivity contribution in [3.8, 4) is 0 Å². The van der Waals surface area contributed by atoms with Gasteiger partial charge in [0.1, 0.15) is 0 Å². The Kier molecular flexibility index (Phi) is 3.20. The summed E-state index contributed by atoms with van der Waals surface area (Å²) in [5, 5.41) is 3.62. The van der Waals surface area contributed by atoms with Crippen molar-refractivity contribution < 1.29 is 0 Å². The molecule has 0 amide bonds. The molecule has 0 aliphatic carbocycles. The summed E-state index contributed by atoms with van der Waals surface area (Å²) in [5.41, 5.74) is 1.46. The molecule has 1 aliphatic heterocycles. The summed E-state index contributed by atoms with van der Waals surface area (Å²) in [6, 6.07) is 11.5. The van der Waals surface area contributed by atoms with Crippen molar-refractivity contribution in [2.45, 2.75) is 38.1 Å². The quantitative estimate of drug-likeness (QED) is 0.754. The van der Waals surface area contributed by atoms with Crippen LogP contribution in [0.25, 0.3) is 0 Å². The van der Waals surface area contributed by atoms with E-state index in [1.807, 2.05) is 0 Å². The summed E-state index contributed by atoms with van der Waals surface area (Å²) in [5.74, 6) is 0.650. The molecule has 1 saturated heterocycles. The molecule has 0 radical (unpaired) electrons. The van der Waals surface area contributed by atoms with Crippen molar-refractivity contribution in [2.75, 3.05) is 6.54 Å². The van der Waals surface area contributed by atoms with Gasteiger partial charge in [-0.2, -0.15) is 0 Å². The second kappa shape index (κ2) is 4.61.